The molecule has 4 aromatic rings. The predicted octanol–water partition coefficient (Wildman–Crippen LogP) is 5.92. The average Bonchev–Trinajstić information content (AvgIpc) is 2.86. The third-order valence-corrected chi connectivity index (χ3v) is 6.84. The number of piperidine rings is 1. The number of hydrogen-bond donors (Lipinski definition) is 3. The third-order valence-electron chi connectivity index (χ3n) is 6.84. The monoisotopic (exact) mass is 453 g/mol. The Balaban J connectivity index is 1.42. The van der Waals surface area contributed by atoms with Crippen molar-refractivity contribution in [3.05, 3.63) is 88.3 Å². The van der Waals surface area contributed by atoms with Crippen LogP contribution < -0.4 is 16.2 Å². The molecule has 1 fully saturated rings. The van der Waals surface area contributed by atoms with Gasteiger partial charge in [0.05, 0.1) is 5.39 Å². The molecule has 2 aromatic carbocycles. The first-order valence-electron chi connectivity index (χ1n) is 12.0. The summed E-state index contributed by atoms with van der Waals surface area (Å²) in [6, 6.07) is 20.5. The summed E-state index contributed by atoms with van der Waals surface area (Å²) in [5.41, 5.74) is 4.26. The topological polar surface area (TPSA) is 73.0 Å². The zero-order valence-electron chi connectivity index (χ0n) is 19.8. The van der Waals surface area contributed by atoms with Crippen LogP contribution in [0.2, 0.25) is 0 Å². The Morgan fingerprint density at radius 2 is 1.79 bits per heavy atom. The van der Waals surface area contributed by atoms with Crippen LogP contribution in [0.15, 0.2) is 71.7 Å². The number of aryl methyl sites for hydroxylation is 1. The molecule has 0 spiro atoms. The van der Waals surface area contributed by atoms with Gasteiger partial charge in [-0.1, -0.05) is 37.3 Å². The van der Waals surface area contributed by atoms with Crippen molar-refractivity contribution in [3.8, 4) is 0 Å². The normalized spacial score (nSPS) is 14.9. The number of anilines is 4. The molecule has 0 atom stereocenters. The average molecular weight is 454 g/mol. The minimum Gasteiger partial charge on any atom is -0.340 e. The van der Waals surface area contributed by atoms with Crippen molar-refractivity contribution >= 4 is 33.8 Å². The zero-order valence-corrected chi connectivity index (χ0v) is 19.8. The standard InChI is InChI=1S/C28H31N5O/c1-3-33-16-13-21(14-17-33)20-8-10-23(11-9-20)30-27-26-22(12-15-29-28(26)34)18-25(32-27)31-24-7-5-4-6-19(24)2/h4-12,15,18,21H,3,13-14,16-17H2,1-2H3,(H,29,34)(H2,30,31,32). The van der Waals surface area contributed by atoms with Gasteiger partial charge < -0.3 is 20.5 Å². The lowest BCUT2D eigenvalue weighted by Crippen LogP contribution is -2.32. The molecule has 0 amide bonds. The molecule has 0 radical (unpaired) electrons. The third kappa shape index (κ3) is 4.68. The molecule has 0 bridgehead atoms. The highest BCUT2D eigenvalue weighted by Gasteiger charge is 2.19. The predicted molar refractivity (Wildman–Crippen MR) is 141 cm³/mol. The van der Waals surface area contributed by atoms with Crippen LogP contribution in [0.3, 0.4) is 0 Å². The summed E-state index contributed by atoms with van der Waals surface area (Å²) in [6.45, 7) is 7.75. The number of likely N-dealkylation sites (tertiary alicyclic amines) is 1. The smallest absolute Gasteiger partial charge is 0.259 e. The molecule has 6 nitrogen and oxygen atoms in total. The summed E-state index contributed by atoms with van der Waals surface area (Å²) in [7, 11) is 0. The molecule has 1 aliphatic heterocycles. The first kappa shape index (κ1) is 22.2. The molecule has 34 heavy (non-hydrogen) atoms. The van der Waals surface area contributed by atoms with Crippen LogP contribution in [0.1, 0.15) is 36.8 Å². The van der Waals surface area contributed by atoms with Gasteiger partial charge in [-0.25, -0.2) is 4.98 Å². The number of H-pyrrole nitrogens is 1. The molecule has 2 aromatic heterocycles. The lowest BCUT2D eigenvalue weighted by molar-refractivity contribution is 0.222. The molecule has 3 N–H and O–H groups in total. The second kappa shape index (κ2) is 9.69. The number of fused-ring (bicyclic) bond motifs is 1. The molecule has 0 aliphatic carbocycles. The van der Waals surface area contributed by atoms with Gasteiger partial charge in [-0.2, -0.15) is 0 Å². The summed E-state index contributed by atoms with van der Waals surface area (Å²) in [5, 5.41) is 8.18. The van der Waals surface area contributed by atoms with Gasteiger partial charge in [-0.15, -0.1) is 0 Å². The SMILES string of the molecule is CCN1CCC(c2ccc(Nc3nc(Nc4ccccc4C)cc4cc[nH]c(=O)c34)cc2)CC1. The van der Waals surface area contributed by atoms with Crippen molar-refractivity contribution < 1.29 is 0 Å². The highest BCUT2D eigenvalue weighted by atomic mass is 16.1. The van der Waals surface area contributed by atoms with Gasteiger partial charge in [0.2, 0.25) is 0 Å². The number of para-hydroxylation sites is 1. The van der Waals surface area contributed by atoms with E-state index in [1.54, 1.807) is 6.20 Å². The Morgan fingerprint density at radius 3 is 2.53 bits per heavy atom. The molecular weight excluding hydrogens is 422 g/mol. The highest BCUT2D eigenvalue weighted by molar-refractivity contribution is 5.94. The van der Waals surface area contributed by atoms with Crippen LogP contribution in [0.4, 0.5) is 23.0 Å². The number of aromatic amines is 1. The van der Waals surface area contributed by atoms with Crippen LogP contribution in [-0.2, 0) is 0 Å². The van der Waals surface area contributed by atoms with Crippen molar-refractivity contribution in [2.24, 2.45) is 0 Å². The summed E-state index contributed by atoms with van der Waals surface area (Å²) in [5.74, 6) is 1.84. The van der Waals surface area contributed by atoms with Crippen LogP contribution >= 0.6 is 0 Å². The van der Waals surface area contributed by atoms with Gasteiger partial charge in [0.15, 0.2) is 0 Å². The van der Waals surface area contributed by atoms with E-state index >= 15 is 0 Å². The summed E-state index contributed by atoms with van der Waals surface area (Å²) in [6.07, 6.45) is 4.08. The van der Waals surface area contributed by atoms with Crippen molar-refractivity contribution in [1.29, 1.82) is 0 Å². The Kier molecular flexibility index (Phi) is 6.32. The second-order valence-corrected chi connectivity index (χ2v) is 9.02. The van der Waals surface area contributed by atoms with E-state index in [2.05, 4.69) is 64.7 Å². The Morgan fingerprint density at radius 1 is 1.03 bits per heavy atom. The van der Waals surface area contributed by atoms with Crippen molar-refractivity contribution in [1.82, 2.24) is 14.9 Å². The second-order valence-electron chi connectivity index (χ2n) is 9.02. The molecule has 1 aliphatic rings. The number of rotatable bonds is 6. The Labute approximate surface area is 200 Å². The highest BCUT2D eigenvalue weighted by Crippen LogP contribution is 2.31. The lowest BCUT2D eigenvalue weighted by Gasteiger charge is -2.31. The van der Waals surface area contributed by atoms with E-state index in [1.807, 2.05) is 30.3 Å². The number of aromatic nitrogens is 2. The van der Waals surface area contributed by atoms with E-state index in [0.29, 0.717) is 22.9 Å². The van der Waals surface area contributed by atoms with Crippen molar-refractivity contribution in [2.75, 3.05) is 30.3 Å². The Hall–Kier alpha value is -3.64. The minimum atomic E-state index is -0.158. The van der Waals surface area contributed by atoms with Crippen LogP contribution in [0.25, 0.3) is 10.8 Å². The molecule has 5 rings (SSSR count). The zero-order chi connectivity index (χ0) is 23.5. The lowest BCUT2D eigenvalue weighted by atomic mass is 9.89. The van der Waals surface area contributed by atoms with Gasteiger partial charge in [0, 0.05) is 17.6 Å². The quantitative estimate of drug-likeness (QED) is 0.338. The minimum absolute atomic E-state index is 0.158. The Bertz CT molecular complexity index is 1340. The number of pyridine rings is 2. The maximum absolute atomic E-state index is 12.7. The van der Waals surface area contributed by atoms with Gasteiger partial charge in [-0.05, 0) is 92.2 Å². The fourth-order valence-electron chi connectivity index (χ4n) is 4.78. The van der Waals surface area contributed by atoms with Gasteiger partial charge in [0.25, 0.3) is 5.56 Å². The first-order valence-corrected chi connectivity index (χ1v) is 12.0. The molecular formula is C28H31N5O. The van der Waals surface area contributed by atoms with Crippen LogP contribution in [0.5, 0.6) is 0 Å². The fourth-order valence-corrected chi connectivity index (χ4v) is 4.78. The maximum Gasteiger partial charge on any atom is 0.259 e. The number of nitrogens with one attached hydrogen (secondary N) is 3. The fraction of sp³-hybridized carbons (Fsp3) is 0.286. The molecule has 1 saturated heterocycles. The van der Waals surface area contributed by atoms with Gasteiger partial charge in [-0.3, -0.25) is 4.79 Å². The van der Waals surface area contributed by atoms with E-state index in [0.717, 1.165) is 28.9 Å². The van der Waals surface area contributed by atoms with Gasteiger partial charge in [0.1, 0.15) is 11.6 Å². The van der Waals surface area contributed by atoms with Crippen LogP contribution in [0, 0.1) is 6.92 Å². The molecule has 0 unspecified atom stereocenters. The summed E-state index contributed by atoms with van der Waals surface area (Å²) in [4.78, 5) is 22.7. The molecule has 6 heteroatoms. The number of nitrogens with zero attached hydrogens (tertiary/aromatic N) is 2. The van der Waals surface area contributed by atoms with E-state index in [-0.39, 0.29) is 5.56 Å². The van der Waals surface area contributed by atoms with Crippen molar-refractivity contribution in [3.63, 3.8) is 0 Å². The maximum atomic E-state index is 12.7. The van der Waals surface area contributed by atoms with Crippen molar-refractivity contribution in [2.45, 2.75) is 32.6 Å². The largest absolute Gasteiger partial charge is 0.340 e. The van der Waals surface area contributed by atoms with E-state index in [1.165, 1.54) is 31.5 Å². The molecule has 0 saturated carbocycles. The number of benzene rings is 2. The van der Waals surface area contributed by atoms with Crippen LogP contribution in [-0.4, -0.2) is 34.5 Å². The van der Waals surface area contributed by atoms with E-state index in [4.69, 9.17) is 4.98 Å². The first-order chi connectivity index (χ1) is 16.6. The molecule has 3 heterocycles. The summed E-state index contributed by atoms with van der Waals surface area (Å²) < 4.78 is 0. The van der Waals surface area contributed by atoms with E-state index < -0.39 is 0 Å². The molecule has 174 valence electrons. The van der Waals surface area contributed by atoms with Gasteiger partial charge >= 0.3 is 0 Å². The van der Waals surface area contributed by atoms with E-state index in [9.17, 15) is 4.79 Å². The summed E-state index contributed by atoms with van der Waals surface area (Å²) >= 11 is 0. The number of hydrogen-bond acceptors (Lipinski definition) is 5.